The van der Waals surface area contributed by atoms with Crippen LogP contribution in [0.3, 0.4) is 0 Å². The van der Waals surface area contributed by atoms with E-state index < -0.39 is 9.84 Å². The van der Waals surface area contributed by atoms with Crippen molar-refractivity contribution in [2.45, 2.75) is 24.2 Å². The van der Waals surface area contributed by atoms with Crippen LogP contribution in [0.2, 0.25) is 0 Å². The zero-order valence-electron chi connectivity index (χ0n) is 18.1. The smallest absolute Gasteiger partial charge is 0.233 e. The molecule has 2 fully saturated rings. The molecule has 2 aliphatic rings. The van der Waals surface area contributed by atoms with E-state index in [2.05, 4.69) is 20.1 Å². The summed E-state index contributed by atoms with van der Waals surface area (Å²) in [5.41, 5.74) is 0.909. The Morgan fingerprint density at radius 2 is 1.94 bits per heavy atom. The van der Waals surface area contributed by atoms with E-state index in [4.69, 9.17) is 4.74 Å². The molecule has 32 heavy (non-hydrogen) atoms. The summed E-state index contributed by atoms with van der Waals surface area (Å²) in [7, 11) is -1.25. The molecule has 12 heteroatoms. The SMILES string of the molecule is COCCn1c(SCC(=O)N2CCN(C3CCS(=O)(=O)C3)CC2)nnc1-c1ccncc1. The second-order valence-electron chi connectivity index (χ2n) is 7.95. The fourth-order valence-corrected chi connectivity index (χ4v) is 6.74. The van der Waals surface area contributed by atoms with Crippen LogP contribution in [-0.4, -0.2) is 107 Å². The molecule has 2 aromatic heterocycles. The van der Waals surface area contributed by atoms with Crippen molar-refractivity contribution in [3.05, 3.63) is 24.5 Å². The molecule has 1 atom stereocenters. The predicted molar refractivity (Wildman–Crippen MR) is 121 cm³/mol. The Morgan fingerprint density at radius 1 is 1.19 bits per heavy atom. The van der Waals surface area contributed by atoms with Crippen LogP contribution in [0.1, 0.15) is 6.42 Å². The fraction of sp³-hybridized carbons (Fsp3) is 0.600. The predicted octanol–water partition coefficient (Wildman–Crippen LogP) is 0.410. The Kier molecular flexibility index (Phi) is 7.44. The molecular formula is C20H28N6O4S2. The fourth-order valence-electron chi connectivity index (χ4n) is 4.11. The van der Waals surface area contributed by atoms with Gasteiger partial charge in [0.1, 0.15) is 0 Å². The van der Waals surface area contributed by atoms with Gasteiger partial charge in [0.2, 0.25) is 5.91 Å². The van der Waals surface area contributed by atoms with Crippen LogP contribution in [0.5, 0.6) is 0 Å². The van der Waals surface area contributed by atoms with Gasteiger partial charge in [-0.15, -0.1) is 10.2 Å². The Labute approximate surface area is 192 Å². The number of methoxy groups -OCH3 is 1. The maximum absolute atomic E-state index is 12.8. The minimum atomic E-state index is -2.90. The molecule has 0 aromatic carbocycles. The summed E-state index contributed by atoms with van der Waals surface area (Å²) in [4.78, 5) is 20.9. The largest absolute Gasteiger partial charge is 0.383 e. The molecule has 0 aliphatic carbocycles. The first-order valence-corrected chi connectivity index (χ1v) is 13.4. The van der Waals surface area contributed by atoms with Crippen LogP contribution in [-0.2, 0) is 25.9 Å². The van der Waals surface area contributed by atoms with Crippen molar-refractivity contribution >= 4 is 27.5 Å². The zero-order valence-corrected chi connectivity index (χ0v) is 19.7. The molecule has 1 unspecified atom stereocenters. The van der Waals surface area contributed by atoms with E-state index in [1.165, 1.54) is 11.8 Å². The monoisotopic (exact) mass is 480 g/mol. The molecule has 1 amide bonds. The highest BCUT2D eigenvalue weighted by Crippen LogP contribution is 2.24. The third-order valence-corrected chi connectivity index (χ3v) is 8.59. The first-order valence-electron chi connectivity index (χ1n) is 10.6. The number of ether oxygens (including phenoxy) is 1. The number of rotatable bonds is 8. The standard InChI is InChI=1S/C20H28N6O4S2/c1-30-12-11-26-19(16-2-5-21-6-3-16)22-23-20(26)31-14-18(27)25-9-7-24(8-10-25)17-4-13-32(28,29)15-17/h2-3,5-6,17H,4,7-15H2,1H3. The summed E-state index contributed by atoms with van der Waals surface area (Å²) in [5, 5.41) is 9.31. The van der Waals surface area contributed by atoms with Crippen molar-refractivity contribution in [1.82, 2.24) is 29.5 Å². The summed E-state index contributed by atoms with van der Waals surface area (Å²) >= 11 is 1.37. The quantitative estimate of drug-likeness (QED) is 0.496. The molecular weight excluding hydrogens is 452 g/mol. The van der Waals surface area contributed by atoms with Gasteiger partial charge in [-0.2, -0.15) is 0 Å². The maximum atomic E-state index is 12.8. The molecule has 0 bridgehead atoms. The molecule has 0 N–H and O–H groups in total. The van der Waals surface area contributed by atoms with Crippen molar-refractivity contribution in [2.75, 3.05) is 57.2 Å². The lowest BCUT2D eigenvalue weighted by atomic mass is 10.2. The molecule has 4 rings (SSSR count). The highest BCUT2D eigenvalue weighted by atomic mass is 32.2. The van der Waals surface area contributed by atoms with Crippen LogP contribution in [0.25, 0.3) is 11.4 Å². The minimum Gasteiger partial charge on any atom is -0.383 e. The van der Waals surface area contributed by atoms with Crippen molar-refractivity contribution in [2.24, 2.45) is 0 Å². The second-order valence-corrected chi connectivity index (χ2v) is 11.1. The second kappa shape index (κ2) is 10.3. The average molecular weight is 481 g/mol. The van der Waals surface area contributed by atoms with Gasteiger partial charge in [-0.1, -0.05) is 11.8 Å². The lowest BCUT2D eigenvalue weighted by Gasteiger charge is -2.37. The van der Waals surface area contributed by atoms with E-state index in [1.54, 1.807) is 19.5 Å². The van der Waals surface area contributed by atoms with Gasteiger partial charge in [-0.25, -0.2) is 8.42 Å². The molecule has 2 aromatic rings. The van der Waals surface area contributed by atoms with E-state index in [9.17, 15) is 13.2 Å². The van der Waals surface area contributed by atoms with Crippen LogP contribution < -0.4 is 0 Å². The number of sulfone groups is 1. The summed E-state index contributed by atoms with van der Waals surface area (Å²) in [6.07, 6.45) is 4.12. The van der Waals surface area contributed by atoms with Gasteiger partial charge in [-0.3, -0.25) is 19.2 Å². The third-order valence-electron chi connectivity index (χ3n) is 5.89. The van der Waals surface area contributed by atoms with E-state index in [-0.39, 0.29) is 29.2 Å². The Hall–Kier alpha value is -2.02. The number of hydrogen-bond acceptors (Lipinski definition) is 9. The first-order chi connectivity index (χ1) is 15.5. The van der Waals surface area contributed by atoms with E-state index >= 15 is 0 Å². The lowest BCUT2D eigenvalue weighted by Crippen LogP contribution is -2.52. The molecule has 0 saturated carbocycles. The Bertz CT molecular complexity index is 1020. The molecule has 2 saturated heterocycles. The summed E-state index contributed by atoms with van der Waals surface area (Å²) in [5.74, 6) is 1.58. The molecule has 0 spiro atoms. The van der Waals surface area contributed by atoms with Gasteiger partial charge in [0.15, 0.2) is 20.8 Å². The Morgan fingerprint density at radius 3 is 2.59 bits per heavy atom. The summed E-state index contributed by atoms with van der Waals surface area (Å²) < 4.78 is 30.7. The van der Waals surface area contributed by atoms with Gasteiger partial charge in [-0.05, 0) is 18.6 Å². The molecule has 174 valence electrons. The molecule has 4 heterocycles. The molecule has 2 aliphatic heterocycles. The van der Waals surface area contributed by atoms with E-state index in [0.29, 0.717) is 50.9 Å². The highest BCUT2D eigenvalue weighted by Gasteiger charge is 2.34. The van der Waals surface area contributed by atoms with Gasteiger partial charge < -0.3 is 9.64 Å². The molecule has 0 radical (unpaired) electrons. The number of hydrogen-bond donors (Lipinski definition) is 0. The van der Waals surface area contributed by atoms with Gasteiger partial charge in [0.05, 0.1) is 30.4 Å². The van der Waals surface area contributed by atoms with Crippen molar-refractivity contribution in [3.8, 4) is 11.4 Å². The molecule has 10 nitrogen and oxygen atoms in total. The number of nitrogens with zero attached hydrogens (tertiary/aromatic N) is 6. The maximum Gasteiger partial charge on any atom is 0.233 e. The summed E-state index contributed by atoms with van der Waals surface area (Å²) in [6, 6.07) is 3.85. The highest BCUT2D eigenvalue weighted by molar-refractivity contribution is 7.99. The average Bonchev–Trinajstić information content (AvgIpc) is 3.39. The van der Waals surface area contributed by atoms with E-state index in [1.807, 2.05) is 21.6 Å². The number of piperazine rings is 1. The topological polar surface area (TPSA) is 111 Å². The number of pyridine rings is 1. The number of thioether (sulfide) groups is 1. The summed E-state index contributed by atoms with van der Waals surface area (Å²) in [6.45, 7) is 3.76. The van der Waals surface area contributed by atoms with Gasteiger partial charge in [0.25, 0.3) is 0 Å². The van der Waals surface area contributed by atoms with Crippen molar-refractivity contribution < 1.29 is 17.9 Å². The van der Waals surface area contributed by atoms with Gasteiger partial charge >= 0.3 is 0 Å². The van der Waals surface area contributed by atoms with Crippen LogP contribution in [0, 0.1) is 0 Å². The van der Waals surface area contributed by atoms with Crippen LogP contribution >= 0.6 is 11.8 Å². The van der Waals surface area contributed by atoms with E-state index in [0.717, 1.165) is 11.4 Å². The minimum absolute atomic E-state index is 0.0560. The zero-order chi connectivity index (χ0) is 22.6. The number of aromatic nitrogens is 4. The normalized spacial score (nSPS) is 21.2. The Balaban J connectivity index is 1.34. The number of carbonyl (C=O) groups is 1. The number of carbonyl (C=O) groups excluding carboxylic acids is 1. The lowest BCUT2D eigenvalue weighted by molar-refractivity contribution is -0.130. The van der Waals surface area contributed by atoms with Crippen molar-refractivity contribution in [1.29, 1.82) is 0 Å². The van der Waals surface area contributed by atoms with Gasteiger partial charge in [0, 0.05) is 57.3 Å². The van der Waals surface area contributed by atoms with Crippen LogP contribution in [0.4, 0.5) is 0 Å². The first kappa shape index (κ1) is 23.1. The third kappa shape index (κ3) is 5.48. The van der Waals surface area contributed by atoms with Crippen molar-refractivity contribution in [3.63, 3.8) is 0 Å². The van der Waals surface area contributed by atoms with Crippen LogP contribution in [0.15, 0.2) is 29.7 Å². The number of amides is 1.